The zero-order valence-corrected chi connectivity index (χ0v) is 21.2. The topological polar surface area (TPSA) is 112 Å². The smallest absolute Gasteiger partial charge is 0.280 e. The molecule has 0 amide bonds. The molecule has 186 valence electrons. The van der Waals surface area contributed by atoms with Crippen molar-refractivity contribution in [2.75, 3.05) is 5.32 Å². The maximum absolute atomic E-state index is 14.6. The number of nitrogens with one attached hydrogen (secondary N) is 1. The third-order valence-electron chi connectivity index (χ3n) is 5.25. The molecule has 0 aliphatic rings. The quantitative estimate of drug-likeness (QED) is 0.279. The third-order valence-corrected chi connectivity index (χ3v) is 7.17. The van der Waals surface area contributed by atoms with E-state index in [0.29, 0.717) is 22.3 Å². The van der Waals surface area contributed by atoms with Gasteiger partial charge in [-0.1, -0.05) is 11.6 Å². The summed E-state index contributed by atoms with van der Waals surface area (Å²) >= 11 is 8.75. The first kappa shape index (κ1) is 24.7. The van der Waals surface area contributed by atoms with Gasteiger partial charge in [-0.25, -0.2) is 14.4 Å². The number of aromatic nitrogens is 5. The third kappa shape index (κ3) is 5.40. The Bertz CT molecular complexity index is 1650. The van der Waals surface area contributed by atoms with E-state index in [1.54, 1.807) is 22.9 Å². The van der Waals surface area contributed by atoms with Crippen molar-refractivity contribution in [3.8, 4) is 11.3 Å². The fraction of sp³-hybridized carbons (Fsp3) is 0.0833. The summed E-state index contributed by atoms with van der Waals surface area (Å²) in [7, 11) is 0. The molecule has 5 rings (SSSR count). The van der Waals surface area contributed by atoms with Crippen LogP contribution in [0, 0.1) is 5.82 Å². The van der Waals surface area contributed by atoms with Crippen LogP contribution in [-0.2, 0) is 13.1 Å². The molecule has 0 aliphatic carbocycles. The molecule has 5 heterocycles. The van der Waals surface area contributed by atoms with Gasteiger partial charge in [-0.2, -0.15) is 21.1 Å². The van der Waals surface area contributed by atoms with Gasteiger partial charge in [0.2, 0.25) is 5.78 Å². The summed E-state index contributed by atoms with van der Waals surface area (Å²) in [6, 6.07) is 9.20. The molecule has 0 spiro atoms. The highest BCUT2D eigenvalue weighted by atomic mass is 35.5. The molecule has 0 fully saturated rings. The van der Waals surface area contributed by atoms with E-state index in [9.17, 15) is 18.8 Å². The van der Waals surface area contributed by atoms with Crippen LogP contribution >= 0.6 is 34.3 Å². The molecule has 0 aliphatic heterocycles. The van der Waals surface area contributed by atoms with Gasteiger partial charge in [-0.05, 0) is 35.7 Å². The molecular formula is C24H16ClFN6O3S2. The lowest BCUT2D eigenvalue weighted by Crippen LogP contribution is -2.26. The van der Waals surface area contributed by atoms with Crippen LogP contribution in [0.1, 0.15) is 25.7 Å². The number of carbonyl (C=O) groups excluding carboxylic acids is 2. The molecule has 0 saturated carbocycles. The van der Waals surface area contributed by atoms with Crippen molar-refractivity contribution in [3.63, 3.8) is 0 Å². The van der Waals surface area contributed by atoms with Crippen molar-refractivity contribution < 1.29 is 14.0 Å². The number of thiophene rings is 2. The van der Waals surface area contributed by atoms with Crippen LogP contribution in [0.2, 0.25) is 4.34 Å². The molecule has 0 radical (unpaired) electrons. The predicted octanol–water partition coefficient (Wildman–Crippen LogP) is 4.60. The number of halogens is 2. The maximum Gasteiger partial charge on any atom is 0.280 e. The van der Waals surface area contributed by atoms with Crippen molar-refractivity contribution in [1.82, 2.24) is 24.3 Å². The van der Waals surface area contributed by atoms with Gasteiger partial charge >= 0.3 is 0 Å². The Kier molecular flexibility index (Phi) is 7.04. The number of rotatable bonds is 8. The molecule has 0 saturated heterocycles. The van der Waals surface area contributed by atoms with Crippen LogP contribution in [-0.4, -0.2) is 36.0 Å². The SMILES string of the molecule is O=C(Cn1cc(F)cc(-c2cc(NCc3ccc(Cl)s3)n(C(=O)c3ccsc3)n2)c1=O)c1ccncn1. The summed E-state index contributed by atoms with van der Waals surface area (Å²) in [5.41, 5.74) is -0.168. The van der Waals surface area contributed by atoms with Crippen molar-refractivity contribution in [3.05, 3.63) is 103 Å². The van der Waals surface area contributed by atoms with Gasteiger partial charge < -0.3 is 9.88 Å². The van der Waals surface area contributed by atoms with Crippen LogP contribution < -0.4 is 10.9 Å². The lowest BCUT2D eigenvalue weighted by molar-refractivity contribution is 0.0945. The molecule has 5 aromatic heterocycles. The second-order valence-corrected chi connectivity index (χ2v) is 10.3. The van der Waals surface area contributed by atoms with E-state index >= 15 is 0 Å². The molecule has 0 bridgehead atoms. The monoisotopic (exact) mass is 554 g/mol. The molecule has 0 atom stereocenters. The van der Waals surface area contributed by atoms with Crippen LogP contribution in [0.4, 0.5) is 10.2 Å². The second kappa shape index (κ2) is 10.5. The van der Waals surface area contributed by atoms with E-state index < -0.39 is 29.6 Å². The highest BCUT2D eigenvalue weighted by Gasteiger charge is 2.21. The molecule has 13 heteroatoms. The molecule has 37 heavy (non-hydrogen) atoms. The van der Waals surface area contributed by atoms with Gasteiger partial charge in [0.25, 0.3) is 11.5 Å². The average molecular weight is 555 g/mol. The molecule has 1 N–H and O–H groups in total. The Morgan fingerprint density at radius 2 is 2.03 bits per heavy atom. The van der Waals surface area contributed by atoms with Gasteiger partial charge in [0.05, 0.1) is 28.6 Å². The largest absolute Gasteiger partial charge is 0.365 e. The maximum atomic E-state index is 14.6. The van der Waals surface area contributed by atoms with Crippen molar-refractivity contribution in [1.29, 1.82) is 0 Å². The lowest BCUT2D eigenvalue weighted by atomic mass is 10.2. The van der Waals surface area contributed by atoms with Gasteiger partial charge in [0, 0.05) is 28.7 Å². The first-order valence-corrected chi connectivity index (χ1v) is 12.9. The number of anilines is 1. The number of Topliss-reactive ketones (excluding diaryl/α,β-unsaturated/α-hetero) is 1. The van der Waals surface area contributed by atoms with E-state index in [-0.39, 0.29) is 17.0 Å². The molecule has 9 nitrogen and oxygen atoms in total. The number of carbonyl (C=O) groups is 2. The zero-order chi connectivity index (χ0) is 25.9. The summed E-state index contributed by atoms with van der Waals surface area (Å²) in [5.74, 6) is -1.35. The minimum absolute atomic E-state index is 0.0722. The predicted molar refractivity (Wildman–Crippen MR) is 139 cm³/mol. The van der Waals surface area contributed by atoms with Crippen molar-refractivity contribution in [2.45, 2.75) is 13.1 Å². The van der Waals surface area contributed by atoms with Crippen LogP contribution in [0.15, 0.2) is 70.7 Å². The summed E-state index contributed by atoms with van der Waals surface area (Å²) in [6.45, 7) is -0.0837. The van der Waals surface area contributed by atoms with Gasteiger partial charge in [-0.3, -0.25) is 14.4 Å². The van der Waals surface area contributed by atoms with E-state index in [2.05, 4.69) is 20.4 Å². The number of hydrogen-bond donors (Lipinski definition) is 1. The Hall–Kier alpha value is -4.00. The summed E-state index contributed by atoms with van der Waals surface area (Å²) in [6.07, 6.45) is 3.55. The summed E-state index contributed by atoms with van der Waals surface area (Å²) in [4.78, 5) is 47.5. The minimum atomic E-state index is -0.744. The van der Waals surface area contributed by atoms with Gasteiger partial charge in [0.1, 0.15) is 29.4 Å². The standard InChI is InChI=1S/C24H16ClFN6O3S2/c25-21-2-1-16(37-21)9-28-22-8-19(30-32(22)23(34)14-4-6-36-12-14)17-7-15(26)10-31(24(17)35)11-20(33)18-3-5-27-13-29-18/h1-8,10,12-13,28H,9,11H2. The first-order chi connectivity index (χ1) is 17.9. The van der Waals surface area contributed by atoms with E-state index in [4.69, 9.17) is 11.6 Å². The minimum Gasteiger partial charge on any atom is -0.365 e. The molecule has 0 aromatic carbocycles. The number of pyridine rings is 1. The lowest BCUT2D eigenvalue weighted by Gasteiger charge is -2.07. The average Bonchev–Trinajstić information content (AvgIpc) is 3.66. The Morgan fingerprint density at radius 1 is 1.16 bits per heavy atom. The van der Waals surface area contributed by atoms with Gasteiger partial charge in [-0.15, -0.1) is 11.3 Å². The number of hydrogen-bond acceptors (Lipinski definition) is 9. The molecular weight excluding hydrogens is 539 g/mol. The highest BCUT2D eigenvalue weighted by molar-refractivity contribution is 7.16. The number of ketones is 1. The zero-order valence-electron chi connectivity index (χ0n) is 18.8. The van der Waals surface area contributed by atoms with Crippen molar-refractivity contribution >= 4 is 51.8 Å². The fourth-order valence-electron chi connectivity index (χ4n) is 3.52. The van der Waals surface area contributed by atoms with Crippen LogP contribution in [0.5, 0.6) is 0 Å². The Labute approximate surface area is 221 Å². The second-order valence-electron chi connectivity index (χ2n) is 7.73. The molecule has 0 unspecified atom stereocenters. The number of nitrogens with zero attached hydrogens (tertiary/aromatic N) is 5. The van der Waals surface area contributed by atoms with E-state index in [1.165, 1.54) is 47.3 Å². The highest BCUT2D eigenvalue weighted by Crippen LogP contribution is 2.25. The van der Waals surface area contributed by atoms with E-state index in [0.717, 1.165) is 26.4 Å². The summed E-state index contributed by atoms with van der Waals surface area (Å²) in [5, 5.41) is 10.9. The van der Waals surface area contributed by atoms with Crippen molar-refractivity contribution in [2.24, 2.45) is 0 Å². The molecule has 5 aromatic rings. The Balaban J connectivity index is 1.51. The fourth-order valence-corrected chi connectivity index (χ4v) is 5.17. The van der Waals surface area contributed by atoms with Gasteiger partial charge in [0.15, 0.2) is 0 Å². The van der Waals surface area contributed by atoms with Crippen LogP contribution in [0.25, 0.3) is 11.3 Å². The summed E-state index contributed by atoms with van der Waals surface area (Å²) < 4.78 is 17.3. The van der Waals surface area contributed by atoms with E-state index in [1.807, 2.05) is 6.07 Å². The normalized spacial score (nSPS) is 11.0. The van der Waals surface area contributed by atoms with Crippen LogP contribution in [0.3, 0.4) is 0 Å². The first-order valence-electron chi connectivity index (χ1n) is 10.7. The Morgan fingerprint density at radius 3 is 2.73 bits per heavy atom.